The van der Waals surface area contributed by atoms with Gasteiger partial charge in [0.25, 0.3) is 15.5 Å². The Bertz CT molecular complexity index is 1170. The van der Waals surface area contributed by atoms with E-state index < -0.39 is 30.9 Å². The van der Waals surface area contributed by atoms with E-state index in [9.17, 15) is 31.7 Å². The number of pyridine rings is 1. The van der Waals surface area contributed by atoms with Gasteiger partial charge in [-0.3, -0.25) is 10.1 Å². The van der Waals surface area contributed by atoms with Crippen molar-refractivity contribution in [3.8, 4) is 0 Å². The highest BCUT2D eigenvalue weighted by Gasteiger charge is 2.47. The molecule has 28 heavy (non-hydrogen) atoms. The first-order valence-electron chi connectivity index (χ1n) is 7.78. The average Bonchev–Trinajstić information content (AvgIpc) is 3.03. The normalized spacial score (nSPS) is 12.3. The lowest BCUT2D eigenvalue weighted by Gasteiger charge is -2.10. The number of halogens is 3. The standard InChI is InChI=1S/C16H13F3N4O4S/c1-10-3-2-4-15-21-11(9-22(10)15)8-20-13-6-5-12(7-14(13)23(24)25)28(26,27)16(17,18)19/h2-7,9,20H,8H2,1H3. The lowest BCUT2D eigenvalue weighted by atomic mass is 10.2. The molecule has 0 radical (unpaired) electrons. The maximum absolute atomic E-state index is 12.7. The number of hydrogen-bond acceptors (Lipinski definition) is 6. The molecule has 0 unspecified atom stereocenters. The number of imidazole rings is 1. The summed E-state index contributed by atoms with van der Waals surface area (Å²) in [6.45, 7) is 1.92. The second kappa shape index (κ2) is 6.78. The first kappa shape index (κ1) is 19.6. The molecule has 3 rings (SSSR count). The lowest BCUT2D eigenvalue weighted by molar-refractivity contribution is -0.384. The minimum absolute atomic E-state index is 0.0489. The quantitative estimate of drug-likeness (QED) is 0.506. The zero-order valence-electron chi connectivity index (χ0n) is 14.3. The van der Waals surface area contributed by atoms with E-state index in [0.29, 0.717) is 23.5 Å². The number of aromatic nitrogens is 2. The van der Waals surface area contributed by atoms with E-state index >= 15 is 0 Å². The Morgan fingerprint density at radius 2 is 1.96 bits per heavy atom. The highest BCUT2D eigenvalue weighted by Crippen LogP contribution is 2.34. The van der Waals surface area contributed by atoms with Gasteiger partial charge in [0.2, 0.25) is 0 Å². The van der Waals surface area contributed by atoms with Crippen molar-refractivity contribution in [2.45, 2.75) is 23.9 Å². The fraction of sp³-hybridized carbons (Fsp3) is 0.188. The summed E-state index contributed by atoms with van der Waals surface area (Å²) in [6, 6.07) is 7.45. The Labute approximate surface area is 156 Å². The number of nitrogens with zero attached hydrogens (tertiary/aromatic N) is 3. The monoisotopic (exact) mass is 414 g/mol. The fourth-order valence-corrected chi connectivity index (χ4v) is 3.36. The first-order valence-corrected chi connectivity index (χ1v) is 9.26. The van der Waals surface area contributed by atoms with E-state index in [1.54, 1.807) is 12.3 Å². The Kier molecular flexibility index (Phi) is 4.75. The van der Waals surface area contributed by atoms with Gasteiger partial charge in [-0.05, 0) is 31.2 Å². The molecule has 0 saturated carbocycles. The van der Waals surface area contributed by atoms with Gasteiger partial charge in [0.05, 0.1) is 22.1 Å². The van der Waals surface area contributed by atoms with E-state index in [-0.39, 0.29) is 12.2 Å². The minimum atomic E-state index is -5.69. The van der Waals surface area contributed by atoms with Crippen molar-refractivity contribution < 1.29 is 26.5 Å². The van der Waals surface area contributed by atoms with Gasteiger partial charge >= 0.3 is 5.51 Å². The number of aryl methyl sites for hydroxylation is 1. The maximum Gasteiger partial charge on any atom is 0.501 e. The molecule has 3 aromatic rings. The molecule has 1 aromatic carbocycles. The largest absolute Gasteiger partial charge is 0.501 e. The molecule has 0 bridgehead atoms. The zero-order valence-corrected chi connectivity index (χ0v) is 15.1. The summed E-state index contributed by atoms with van der Waals surface area (Å²) < 4.78 is 62.8. The molecule has 148 valence electrons. The van der Waals surface area contributed by atoms with Gasteiger partial charge in [-0.2, -0.15) is 13.2 Å². The number of rotatable bonds is 5. The van der Waals surface area contributed by atoms with Gasteiger partial charge in [0.1, 0.15) is 11.3 Å². The molecule has 0 aliphatic carbocycles. The third-order valence-corrected chi connectivity index (χ3v) is 5.47. The zero-order chi connectivity index (χ0) is 20.7. The number of hydrogen-bond donors (Lipinski definition) is 1. The number of alkyl halides is 3. The van der Waals surface area contributed by atoms with Crippen molar-refractivity contribution in [3.63, 3.8) is 0 Å². The highest BCUT2D eigenvalue weighted by atomic mass is 32.2. The third-order valence-electron chi connectivity index (χ3n) is 3.99. The summed E-state index contributed by atoms with van der Waals surface area (Å²) in [4.78, 5) is 13.4. The van der Waals surface area contributed by atoms with Crippen LogP contribution in [0.15, 0.2) is 47.5 Å². The summed E-state index contributed by atoms with van der Waals surface area (Å²) in [5.74, 6) is 0. The van der Waals surface area contributed by atoms with Crippen LogP contribution in [0.25, 0.3) is 5.65 Å². The fourth-order valence-electron chi connectivity index (χ4n) is 2.58. The van der Waals surface area contributed by atoms with E-state index in [0.717, 1.165) is 11.8 Å². The van der Waals surface area contributed by atoms with Crippen molar-refractivity contribution in [1.82, 2.24) is 9.38 Å². The van der Waals surface area contributed by atoms with Crippen molar-refractivity contribution in [1.29, 1.82) is 0 Å². The van der Waals surface area contributed by atoms with Crippen molar-refractivity contribution in [3.05, 3.63) is 64.1 Å². The van der Waals surface area contributed by atoms with Gasteiger partial charge in [0.15, 0.2) is 0 Å². The Hall–Kier alpha value is -3.15. The number of sulfone groups is 1. The molecule has 0 spiro atoms. The predicted molar refractivity (Wildman–Crippen MR) is 93.6 cm³/mol. The minimum Gasteiger partial charge on any atom is -0.374 e. The van der Waals surface area contributed by atoms with Crippen LogP contribution in [0.1, 0.15) is 11.4 Å². The second-order valence-electron chi connectivity index (χ2n) is 5.87. The maximum atomic E-state index is 12.7. The predicted octanol–water partition coefficient (Wildman–Crippen LogP) is 3.46. The summed E-state index contributed by atoms with van der Waals surface area (Å²) in [5.41, 5.74) is -4.34. The van der Waals surface area contributed by atoms with Gasteiger partial charge in [0, 0.05) is 18.0 Å². The molecule has 1 N–H and O–H groups in total. The Balaban J connectivity index is 1.91. The molecule has 0 saturated heterocycles. The van der Waals surface area contributed by atoms with Crippen LogP contribution in [0.5, 0.6) is 0 Å². The van der Waals surface area contributed by atoms with Crippen molar-refractivity contribution in [2.75, 3.05) is 5.32 Å². The Morgan fingerprint density at radius 1 is 1.25 bits per heavy atom. The van der Waals surface area contributed by atoms with E-state index in [1.807, 2.05) is 23.5 Å². The van der Waals surface area contributed by atoms with E-state index in [2.05, 4.69) is 10.3 Å². The molecule has 2 aromatic heterocycles. The number of nitrogens with one attached hydrogen (secondary N) is 1. The van der Waals surface area contributed by atoms with Gasteiger partial charge in [-0.1, -0.05) is 6.07 Å². The van der Waals surface area contributed by atoms with Crippen LogP contribution in [-0.4, -0.2) is 28.2 Å². The molecular formula is C16H13F3N4O4S. The number of anilines is 1. The molecule has 8 nitrogen and oxygen atoms in total. The first-order chi connectivity index (χ1) is 13.0. The highest BCUT2D eigenvalue weighted by molar-refractivity contribution is 7.92. The van der Waals surface area contributed by atoms with Crippen molar-refractivity contribution >= 4 is 26.9 Å². The van der Waals surface area contributed by atoms with E-state index in [4.69, 9.17) is 0 Å². The number of nitro groups is 1. The average molecular weight is 414 g/mol. The van der Waals surface area contributed by atoms with Crippen LogP contribution in [0, 0.1) is 17.0 Å². The van der Waals surface area contributed by atoms with E-state index in [1.165, 1.54) is 0 Å². The molecule has 0 fully saturated rings. The van der Waals surface area contributed by atoms with Gasteiger partial charge < -0.3 is 9.72 Å². The number of benzene rings is 1. The number of fused-ring (bicyclic) bond motifs is 1. The summed E-state index contributed by atoms with van der Waals surface area (Å²) >= 11 is 0. The smallest absolute Gasteiger partial charge is 0.374 e. The van der Waals surface area contributed by atoms with Crippen LogP contribution in [0.4, 0.5) is 24.5 Å². The van der Waals surface area contributed by atoms with Gasteiger partial charge in [-0.15, -0.1) is 0 Å². The summed E-state index contributed by atoms with van der Waals surface area (Å²) in [6.07, 6.45) is 1.71. The SMILES string of the molecule is Cc1cccc2nc(CNc3ccc(S(=O)(=O)C(F)(F)F)cc3[N+](=O)[O-])cn12. The van der Waals surface area contributed by atoms with Crippen LogP contribution in [0.3, 0.4) is 0 Å². The molecule has 0 amide bonds. The topological polar surface area (TPSA) is 107 Å². The van der Waals surface area contributed by atoms with Gasteiger partial charge in [-0.25, -0.2) is 13.4 Å². The van der Waals surface area contributed by atoms with Crippen LogP contribution in [0.2, 0.25) is 0 Å². The molecule has 2 heterocycles. The second-order valence-corrected chi connectivity index (χ2v) is 7.81. The number of nitro benzene ring substituents is 1. The summed E-state index contributed by atoms with van der Waals surface area (Å²) in [7, 11) is -5.69. The van der Waals surface area contributed by atoms with Crippen molar-refractivity contribution in [2.24, 2.45) is 0 Å². The lowest BCUT2D eigenvalue weighted by Crippen LogP contribution is -2.23. The molecular weight excluding hydrogens is 401 g/mol. The summed E-state index contributed by atoms with van der Waals surface area (Å²) in [5, 5.41) is 13.9. The third kappa shape index (κ3) is 3.50. The van der Waals surface area contributed by atoms with Crippen LogP contribution in [-0.2, 0) is 16.4 Å². The Morgan fingerprint density at radius 3 is 2.57 bits per heavy atom. The van der Waals surface area contributed by atoms with Crippen LogP contribution < -0.4 is 5.32 Å². The molecule has 12 heteroatoms. The van der Waals surface area contributed by atoms with Crippen LogP contribution >= 0.6 is 0 Å². The molecule has 0 aliphatic rings. The molecule has 0 atom stereocenters. The molecule has 0 aliphatic heterocycles.